The van der Waals surface area contributed by atoms with Crippen molar-refractivity contribution in [2.45, 2.75) is 64.8 Å². The molecule has 2 heterocycles. The van der Waals surface area contributed by atoms with Crippen molar-refractivity contribution in [3.8, 4) is 5.75 Å². The molecule has 0 saturated carbocycles. The topological polar surface area (TPSA) is 80.3 Å². The van der Waals surface area contributed by atoms with E-state index in [1.54, 1.807) is 0 Å². The average molecular weight is 531 g/mol. The molecule has 37 heavy (non-hydrogen) atoms. The molecule has 4 rings (SSSR count). The first-order chi connectivity index (χ1) is 17.7. The van der Waals surface area contributed by atoms with Crippen LogP contribution in [0.2, 0.25) is 5.02 Å². The molecule has 0 spiro atoms. The number of benzene rings is 2. The van der Waals surface area contributed by atoms with E-state index in [1.165, 1.54) is 13.8 Å². The molecular weight excluding hydrogens is 496 g/mol. The van der Waals surface area contributed by atoms with Gasteiger partial charge in [-0.1, -0.05) is 42.8 Å². The number of hydrogen-bond donors (Lipinski definition) is 0. The van der Waals surface area contributed by atoms with Crippen molar-refractivity contribution in [1.29, 1.82) is 0 Å². The smallest absolute Gasteiger partial charge is 0.302 e. The van der Waals surface area contributed by atoms with Crippen molar-refractivity contribution in [3.05, 3.63) is 64.2 Å². The van der Waals surface area contributed by atoms with Gasteiger partial charge in [0.2, 0.25) is 0 Å². The molecule has 0 N–H and O–H groups in total. The van der Waals surface area contributed by atoms with Crippen molar-refractivity contribution in [3.63, 3.8) is 0 Å². The molecule has 3 atom stereocenters. The summed E-state index contributed by atoms with van der Waals surface area (Å²) in [7, 11) is 0. The third-order valence-electron chi connectivity index (χ3n) is 7.04. The zero-order valence-corrected chi connectivity index (χ0v) is 22.4. The summed E-state index contributed by atoms with van der Waals surface area (Å²) in [4.78, 5) is 22.9. The Labute approximate surface area is 223 Å². The Hall–Kier alpha value is -2.61. The van der Waals surface area contributed by atoms with E-state index in [4.69, 9.17) is 35.3 Å². The van der Waals surface area contributed by atoms with Gasteiger partial charge in [0, 0.05) is 31.7 Å². The van der Waals surface area contributed by atoms with E-state index in [0.717, 1.165) is 42.1 Å². The summed E-state index contributed by atoms with van der Waals surface area (Å²) in [5.41, 5.74) is 3.16. The van der Waals surface area contributed by atoms with Gasteiger partial charge in [0.1, 0.15) is 18.5 Å². The first kappa shape index (κ1) is 27.4. The zero-order valence-electron chi connectivity index (χ0n) is 21.7. The average Bonchev–Trinajstić information content (AvgIpc) is 2.84. The lowest BCUT2D eigenvalue weighted by Gasteiger charge is -2.40. The van der Waals surface area contributed by atoms with Gasteiger partial charge < -0.3 is 23.7 Å². The number of ether oxygens (including phenoxy) is 5. The SMILES string of the molecule is CCC1(COc2ccc(Cc3cc(C4CC(OC(C)=O)CC(COC(C)=O)O4)ccc3Cl)cc2)COC1. The molecule has 2 aromatic rings. The standard InChI is InChI=1S/C29H35ClO7/c1-4-29(16-33-17-29)18-35-24-8-5-21(6-9-24)11-23-12-22(7-10-27(23)30)28-14-25(36-20(3)32)13-26(37-28)15-34-19(2)31/h5-10,12,25-26,28H,4,11,13-18H2,1-3H3. The lowest BCUT2D eigenvalue weighted by atomic mass is 9.84. The van der Waals surface area contributed by atoms with Crippen LogP contribution in [0, 0.1) is 5.41 Å². The van der Waals surface area contributed by atoms with Crippen LogP contribution in [-0.4, -0.2) is 50.6 Å². The van der Waals surface area contributed by atoms with Gasteiger partial charge in [-0.2, -0.15) is 0 Å². The van der Waals surface area contributed by atoms with E-state index in [-0.39, 0.29) is 42.3 Å². The molecule has 0 amide bonds. The molecule has 0 aliphatic carbocycles. The van der Waals surface area contributed by atoms with Crippen LogP contribution in [0.4, 0.5) is 0 Å². The van der Waals surface area contributed by atoms with Gasteiger partial charge in [0.15, 0.2) is 0 Å². The molecule has 3 unspecified atom stereocenters. The van der Waals surface area contributed by atoms with E-state index >= 15 is 0 Å². The first-order valence-electron chi connectivity index (χ1n) is 12.8. The number of esters is 2. The van der Waals surface area contributed by atoms with Crippen molar-refractivity contribution in [1.82, 2.24) is 0 Å². The van der Waals surface area contributed by atoms with Gasteiger partial charge in [-0.25, -0.2) is 0 Å². The lowest BCUT2D eigenvalue weighted by Crippen LogP contribution is -2.46. The fourth-order valence-corrected chi connectivity index (χ4v) is 4.89. The van der Waals surface area contributed by atoms with Gasteiger partial charge >= 0.3 is 11.9 Å². The summed E-state index contributed by atoms with van der Waals surface area (Å²) in [6.45, 7) is 7.21. The monoisotopic (exact) mass is 530 g/mol. The number of hydrogen-bond acceptors (Lipinski definition) is 7. The highest BCUT2D eigenvalue weighted by atomic mass is 35.5. The highest BCUT2D eigenvalue weighted by Gasteiger charge is 2.37. The predicted molar refractivity (Wildman–Crippen MR) is 139 cm³/mol. The summed E-state index contributed by atoms with van der Waals surface area (Å²) >= 11 is 6.56. The highest BCUT2D eigenvalue weighted by molar-refractivity contribution is 6.31. The molecule has 2 aromatic carbocycles. The van der Waals surface area contributed by atoms with Crippen LogP contribution in [0.25, 0.3) is 0 Å². The molecule has 0 bridgehead atoms. The maximum absolute atomic E-state index is 11.6. The van der Waals surface area contributed by atoms with Crippen molar-refractivity contribution in [2.24, 2.45) is 5.41 Å². The molecule has 7 nitrogen and oxygen atoms in total. The number of rotatable bonds is 10. The third kappa shape index (κ3) is 7.46. The van der Waals surface area contributed by atoms with E-state index in [0.29, 0.717) is 30.9 Å². The number of carbonyl (C=O) groups is 2. The largest absolute Gasteiger partial charge is 0.493 e. The molecule has 2 aliphatic rings. The van der Waals surface area contributed by atoms with Gasteiger partial charge in [0.05, 0.1) is 37.4 Å². The quantitative estimate of drug-likeness (QED) is 0.378. The van der Waals surface area contributed by atoms with Gasteiger partial charge in [-0.05, 0) is 47.7 Å². The Kier molecular flexibility index (Phi) is 9.11. The highest BCUT2D eigenvalue weighted by Crippen LogP contribution is 2.36. The van der Waals surface area contributed by atoms with Crippen LogP contribution in [0.5, 0.6) is 5.75 Å². The predicted octanol–water partition coefficient (Wildman–Crippen LogP) is 5.45. The van der Waals surface area contributed by atoms with Crippen molar-refractivity contribution < 1.29 is 33.3 Å². The Morgan fingerprint density at radius 2 is 1.81 bits per heavy atom. The molecular formula is C29H35ClO7. The van der Waals surface area contributed by atoms with Crippen LogP contribution >= 0.6 is 11.6 Å². The molecule has 2 aliphatic heterocycles. The van der Waals surface area contributed by atoms with Gasteiger partial charge in [-0.15, -0.1) is 0 Å². The summed E-state index contributed by atoms with van der Waals surface area (Å²) in [5, 5.41) is 0.669. The number of carbonyl (C=O) groups excluding carboxylic acids is 2. The normalized spacial score (nSPS) is 22.5. The summed E-state index contributed by atoms with van der Waals surface area (Å²) in [6, 6.07) is 13.9. The second-order valence-electron chi connectivity index (χ2n) is 10.1. The van der Waals surface area contributed by atoms with E-state index in [1.807, 2.05) is 30.3 Å². The van der Waals surface area contributed by atoms with Gasteiger partial charge in [-0.3, -0.25) is 9.59 Å². The van der Waals surface area contributed by atoms with Crippen LogP contribution < -0.4 is 4.74 Å². The summed E-state index contributed by atoms with van der Waals surface area (Å²) in [6.07, 6.45) is 1.69. The lowest BCUT2D eigenvalue weighted by molar-refractivity contribution is -0.169. The molecule has 2 fully saturated rings. The minimum atomic E-state index is -0.373. The summed E-state index contributed by atoms with van der Waals surface area (Å²) < 4.78 is 28.3. The Morgan fingerprint density at radius 1 is 1.05 bits per heavy atom. The van der Waals surface area contributed by atoms with E-state index in [2.05, 4.69) is 19.1 Å². The molecule has 2 saturated heterocycles. The summed E-state index contributed by atoms with van der Waals surface area (Å²) in [5.74, 6) is 0.128. The maximum atomic E-state index is 11.6. The Morgan fingerprint density at radius 3 is 2.43 bits per heavy atom. The second-order valence-corrected chi connectivity index (χ2v) is 10.5. The van der Waals surface area contributed by atoms with E-state index < -0.39 is 0 Å². The first-order valence-corrected chi connectivity index (χ1v) is 13.2. The molecule has 0 aromatic heterocycles. The minimum absolute atomic E-state index is 0.116. The third-order valence-corrected chi connectivity index (χ3v) is 7.40. The molecule has 8 heteroatoms. The van der Waals surface area contributed by atoms with Crippen LogP contribution in [0.15, 0.2) is 42.5 Å². The number of halogens is 1. The molecule has 200 valence electrons. The van der Waals surface area contributed by atoms with Gasteiger partial charge in [0.25, 0.3) is 0 Å². The van der Waals surface area contributed by atoms with E-state index in [9.17, 15) is 9.59 Å². The maximum Gasteiger partial charge on any atom is 0.302 e. The fourth-order valence-electron chi connectivity index (χ4n) is 4.71. The fraction of sp³-hybridized carbons (Fsp3) is 0.517. The van der Waals surface area contributed by atoms with Crippen LogP contribution in [0.3, 0.4) is 0 Å². The zero-order chi connectivity index (χ0) is 26.4. The van der Waals surface area contributed by atoms with Crippen LogP contribution in [-0.2, 0) is 35.0 Å². The minimum Gasteiger partial charge on any atom is -0.493 e. The molecule has 0 radical (unpaired) electrons. The van der Waals surface area contributed by atoms with Crippen LogP contribution in [0.1, 0.15) is 62.8 Å². The Bertz CT molecular complexity index is 1070. The van der Waals surface area contributed by atoms with Crippen molar-refractivity contribution in [2.75, 3.05) is 26.4 Å². The second kappa shape index (κ2) is 12.3. The van der Waals surface area contributed by atoms with Crippen molar-refractivity contribution >= 4 is 23.5 Å². The Balaban J connectivity index is 1.43.